The van der Waals surface area contributed by atoms with Gasteiger partial charge in [-0.2, -0.15) is 0 Å². The molecule has 1 fully saturated rings. The van der Waals surface area contributed by atoms with Gasteiger partial charge in [-0.25, -0.2) is 9.78 Å². The monoisotopic (exact) mass is 398 g/mol. The van der Waals surface area contributed by atoms with Gasteiger partial charge in [-0.3, -0.25) is 4.79 Å². The highest BCUT2D eigenvalue weighted by Crippen LogP contribution is 2.32. The molecule has 1 aliphatic heterocycles. The fourth-order valence-electron chi connectivity index (χ4n) is 3.80. The van der Waals surface area contributed by atoms with E-state index in [1.54, 1.807) is 0 Å². The number of aromatic nitrogens is 2. The van der Waals surface area contributed by atoms with Crippen LogP contribution in [0.3, 0.4) is 0 Å². The van der Waals surface area contributed by atoms with Gasteiger partial charge in [-0.15, -0.1) is 0 Å². The summed E-state index contributed by atoms with van der Waals surface area (Å²) in [6.45, 7) is 6.61. The van der Waals surface area contributed by atoms with Crippen molar-refractivity contribution in [3.8, 4) is 11.3 Å². The average molecular weight is 399 g/mol. The van der Waals surface area contributed by atoms with Gasteiger partial charge < -0.3 is 19.9 Å². The number of rotatable bonds is 6. The lowest BCUT2D eigenvalue weighted by Gasteiger charge is -2.30. The zero-order valence-corrected chi connectivity index (χ0v) is 17.6. The van der Waals surface area contributed by atoms with Crippen LogP contribution in [-0.4, -0.2) is 46.6 Å². The zero-order valence-electron chi connectivity index (χ0n) is 17.6. The normalized spacial score (nSPS) is 17.4. The van der Waals surface area contributed by atoms with Crippen LogP contribution in [0.5, 0.6) is 0 Å². The summed E-state index contributed by atoms with van der Waals surface area (Å²) in [6, 6.07) is 7.63. The summed E-state index contributed by atoms with van der Waals surface area (Å²) >= 11 is 0. The van der Waals surface area contributed by atoms with E-state index >= 15 is 0 Å². The lowest BCUT2D eigenvalue weighted by Crippen LogP contribution is -2.51. The van der Waals surface area contributed by atoms with E-state index in [1.807, 2.05) is 31.0 Å². The van der Waals surface area contributed by atoms with Gasteiger partial charge in [-0.05, 0) is 42.4 Å². The summed E-state index contributed by atoms with van der Waals surface area (Å²) in [6.07, 6.45) is 3.96. The van der Waals surface area contributed by atoms with Gasteiger partial charge in [-0.1, -0.05) is 39.0 Å². The molecule has 0 saturated carbocycles. The number of alkyl carbamates (subject to hydrolysis) is 1. The minimum absolute atomic E-state index is 0.0493. The van der Waals surface area contributed by atoms with Gasteiger partial charge in [0.2, 0.25) is 5.91 Å². The molecule has 0 radical (unpaired) electrons. The predicted octanol–water partition coefficient (Wildman–Crippen LogP) is 3.68. The van der Waals surface area contributed by atoms with E-state index in [2.05, 4.69) is 45.1 Å². The van der Waals surface area contributed by atoms with Crippen LogP contribution in [0.1, 0.15) is 51.0 Å². The van der Waals surface area contributed by atoms with Gasteiger partial charge in [0.05, 0.1) is 25.0 Å². The number of aromatic amines is 1. The van der Waals surface area contributed by atoms with Gasteiger partial charge in [0.25, 0.3) is 0 Å². The number of ether oxygens (including phenoxy) is 1. The van der Waals surface area contributed by atoms with Crippen molar-refractivity contribution < 1.29 is 14.3 Å². The second-order valence-electron chi connectivity index (χ2n) is 7.78. The van der Waals surface area contributed by atoms with E-state index in [9.17, 15) is 9.59 Å². The number of benzene rings is 1. The molecule has 156 valence electrons. The molecular weight excluding hydrogens is 368 g/mol. The summed E-state index contributed by atoms with van der Waals surface area (Å²) in [4.78, 5) is 34.7. The lowest BCUT2D eigenvalue weighted by molar-refractivity contribution is -0.135. The van der Waals surface area contributed by atoms with Crippen LogP contribution in [0.25, 0.3) is 11.3 Å². The number of H-pyrrole nitrogens is 1. The fourth-order valence-corrected chi connectivity index (χ4v) is 3.80. The van der Waals surface area contributed by atoms with Crippen molar-refractivity contribution >= 4 is 12.0 Å². The van der Waals surface area contributed by atoms with Crippen molar-refractivity contribution in [1.82, 2.24) is 20.2 Å². The van der Waals surface area contributed by atoms with Gasteiger partial charge in [0.15, 0.2) is 0 Å². The first-order valence-corrected chi connectivity index (χ1v) is 10.2. The topological polar surface area (TPSA) is 87.3 Å². The third-order valence-electron chi connectivity index (χ3n) is 5.48. The van der Waals surface area contributed by atoms with Crippen molar-refractivity contribution in [2.45, 2.75) is 52.1 Å². The van der Waals surface area contributed by atoms with E-state index in [4.69, 9.17) is 0 Å². The van der Waals surface area contributed by atoms with Gasteiger partial charge >= 0.3 is 6.09 Å². The Kier molecular flexibility index (Phi) is 6.56. The van der Waals surface area contributed by atoms with Crippen LogP contribution in [0, 0.1) is 5.92 Å². The molecule has 0 aliphatic carbocycles. The molecule has 1 aromatic carbocycles. The summed E-state index contributed by atoms with van der Waals surface area (Å²) in [5.74, 6) is 0.638. The van der Waals surface area contributed by atoms with Crippen LogP contribution in [0.15, 0.2) is 30.5 Å². The Morgan fingerprint density at radius 2 is 2.17 bits per heavy atom. The van der Waals surface area contributed by atoms with Crippen molar-refractivity contribution in [1.29, 1.82) is 0 Å². The van der Waals surface area contributed by atoms with Crippen LogP contribution in [0.2, 0.25) is 0 Å². The number of aryl methyl sites for hydroxylation is 1. The number of methoxy groups -OCH3 is 1. The molecule has 1 aromatic heterocycles. The van der Waals surface area contributed by atoms with E-state index in [1.165, 1.54) is 12.7 Å². The number of nitrogens with zero attached hydrogens (tertiary/aromatic N) is 2. The molecule has 2 atom stereocenters. The molecule has 3 rings (SSSR count). The number of amides is 2. The maximum absolute atomic E-state index is 13.2. The molecule has 7 heteroatoms. The number of nitrogens with one attached hydrogen (secondary N) is 2. The third kappa shape index (κ3) is 4.60. The Morgan fingerprint density at radius 1 is 1.38 bits per heavy atom. The Hall–Kier alpha value is -2.83. The molecule has 2 heterocycles. The molecule has 2 unspecified atom stereocenters. The Labute approximate surface area is 171 Å². The molecule has 2 aromatic rings. The molecule has 29 heavy (non-hydrogen) atoms. The summed E-state index contributed by atoms with van der Waals surface area (Å²) in [5.41, 5.74) is 3.30. The van der Waals surface area contributed by atoms with Crippen LogP contribution in [0.4, 0.5) is 4.79 Å². The largest absolute Gasteiger partial charge is 0.453 e. The zero-order chi connectivity index (χ0) is 21.0. The van der Waals surface area contributed by atoms with Crippen LogP contribution >= 0.6 is 0 Å². The summed E-state index contributed by atoms with van der Waals surface area (Å²) in [7, 11) is 1.30. The smallest absolute Gasteiger partial charge is 0.407 e. The Balaban J connectivity index is 1.80. The van der Waals surface area contributed by atoms with E-state index in [0.717, 1.165) is 36.3 Å². The first-order chi connectivity index (χ1) is 13.9. The Bertz CT molecular complexity index is 861. The van der Waals surface area contributed by atoms with Crippen molar-refractivity contribution in [3.05, 3.63) is 41.9 Å². The number of imidazole rings is 1. The maximum atomic E-state index is 13.2. The van der Waals surface area contributed by atoms with Gasteiger partial charge in [0, 0.05) is 6.54 Å². The minimum atomic E-state index is -0.626. The van der Waals surface area contributed by atoms with E-state index in [0.29, 0.717) is 6.54 Å². The van der Waals surface area contributed by atoms with E-state index in [-0.39, 0.29) is 17.9 Å². The number of carbonyl (C=O) groups excluding carboxylic acids is 2. The van der Waals surface area contributed by atoms with Crippen molar-refractivity contribution in [2.24, 2.45) is 5.92 Å². The molecule has 0 bridgehead atoms. The second kappa shape index (κ2) is 9.11. The highest BCUT2D eigenvalue weighted by molar-refractivity contribution is 5.86. The average Bonchev–Trinajstić information content (AvgIpc) is 3.40. The third-order valence-corrected chi connectivity index (χ3v) is 5.48. The van der Waals surface area contributed by atoms with Crippen molar-refractivity contribution in [3.63, 3.8) is 0 Å². The quantitative estimate of drug-likeness (QED) is 0.777. The molecule has 7 nitrogen and oxygen atoms in total. The van der Waals surface area contributed by atoms with Crippen molar-refractivity contribution in [2.75, 3.05) is 13.7 Å². The molecule has 2 amide bonds. The number of hydrogen-bond acceptors (Lipinski definition) is 4. The lowest BCUT2D eigenvalue weighted by atomic mass is 10.0. The number of hydrogen-bond donors (Lipinski definition) is 2. The molecule has 2 N–H and O–H groups in total. The predicted molar refractivity (Wildman–Crippen MR) is 111 cm³/mol. The first-order valence-electron chi connectivity index (χ1n) is 10.2. The SMILES string of the molecule is CCc1cccc(-c2cnc(C3CCCN3C(=O)C(NC(=O)OC)C(C)C)[nH]2)c1. The molecule has 1 aliphatic rings. The molecular formula is C22H30N4O3. The van der Waals surface area contributed by atoms with Crippen LogP contribution < -0.4 is 5.32 Å². The maximum Gasteiger partial charge on any atom is 0.407 e. The highest BCUT2D eigenvalue weighted by atomic mass is 16.5. The summed E-state index contributed by atoms with van der Waals surface area (Å²) in [5, 5.41) is 2.68. The molecule has 0 spiro atoms. The summed E-state index contributed by atoms with van der Waals surface area (Å²) < 4.78 is 4.69. The number of likely N-dealkylation sites (tertiary alicyclic amines) is 1. The Morgan fingerprint density at radius 3 is 2.86 bits per heavy atom. The minimum Gasteiger partial charge on any atom is -0.453 e. The standard InChI is InChI=1S/C22H30N4O3/c1-5-15-8-6-9-16(12-15)17-13-23-20(24-17)18-10-7-11-26(18)21(27)19(14(2)3)25-22(28)29-4/h6,8-9,12-14,18-19H,5,7,10-11H2,1-4H3,(H,23,24)(H,25,28). The van der Waals surface area contributed by atoms with Gasteiger partial charge in [0.1, 0.15) is 11.9 Å². The molecule has 1 saturated heterocycles. The number of carbonyl (C=O) groups is 2. The highest BCUT2D eigenvalue weighted by Gasteiger charge is 2.37. The second-order valence-corrected chi connectivity index (χ2v) is 7.78. The first kappa shape index (κ1) is 20.9. The van der Waals surface area contributed by atoms with Crippen LogP contribution in [-0.2, 0) is 16.0 Å². The fraction of sp³-hybridized carbons (Fsp3) is 0.500. The van der Waals surface area contributed by atoms with E-state index < -0.39 is 12.1 Å².